The number of aliphatic hydroxyl groups excluding tert-OH is 1. The third-order valence-electron chi connectivity index (χ3n) is 4.93. The maximum atomic E-state index is 12.6. The molecule has 8 nitrogen and oxygen atoms in total. The number of piperazine rings is 1. The molecule has 0 amide bonds. The van der Waals surface area contributed by atoms with Gasteiger partial charge >= 0.3 is 0 Å². The Morgan fingerprint density at radius 1 is 1.30 bits per heavy atom. The minimum absolute atomic E-state index is 0.172. The summed E-state index contributed by atoms with van der Waals surface area (Å²) in [6.45, 7) is 6.92. The highest BCUT2D eigenvalue weighted by molar-refractivity contribution is 5.76. The van der Waals surface area contributed by atoms with Crippen LogP contribution in [0.2, 0.25) is 0 Å². The summed E-state index contributed by atoms with van der Waals surface area (Å²) in [7, 11) is 0. The minimum Gasteiger partial charge on any atom is -0.392 e. The van der Waals surface area contributed by atoms with Crippen molar-refractivity contribution < 1.29 is 5.11 Å². The standard InChI is InChI=1S/C19H24N6O2/c1-13-11-23(12-14(2)26)8-9-24(13)19-21-17-16(18(27)22-19)10-20-25(17)15-6-4-3-5-7-15/h3-7,10,13-14,26H,8-9,11-12H2,1-2H3,(H,21,22,27). The maximum Gasteiger partial charge on any atom is 0.263 e. The summed E-state index contributed by atoms with van der Waals surface area (Å²) in [6.07, 6.45) is 1.21. The van der Waals surface area contributed by atoms with Crippen molar-refractivity contribution in [3.05, 3.63) is 46.9 Å². The van der Waals surface area contributed by atoms with Gasteiger partial charge < -0.3 is 10.0 Å². The molecule has 1 aliphatic rings. The molecule has 4 rings (SSSR count). The van der Waals surface area contributed by atoms with Crippen LogP contribution in [0.25, 0.3) is 16.7 Å². The van der Waals surface area contributed by atoms with Gasteiger partial charge in [-0.05, 0) is 26.0 Å². The van der Waals surface area contributed by atoms with Crippen LogP contribution in [0.3, 0.4) is 0 Å². The number of anilines is 1. The minimum atomic E-state index is -0.349. The molecule has 2 unspecified atom stereocenters. The molecule has 3 aromatic rings. The molecule has 0 radical (unpaired) electrons. The topological polar surface area (TPSA) is 90.3 Å². The molecule has 1 aliphatic heterocycles. The zero-order chi connectivity index (χ0) is 19.0. The van der Waals surface area contributed by atoms with Crippen LogP contribution >= 0.6 is 0 Å². The lowest BCUT2D eigenvalue weighted by Crippen LogP contribution is -2.54. The van der Waals surface area contributed by atoms with Crippen LogP contribution in [0.4, 0.5) is 5.95 Å². The number of benzene rings is 1. The van der Waals surface area contributed by atoms with Crippen molar-refractivity contribution in [2.45, 2.75) is 26.0 Å². The van der Waals surface area contributed by atoms with Gasteiger partial charge in [0, 0.05) is 32.2 Å². The number of nitrogens with zero attached hydrogens (tertiary/aromatic N) is 5. The Labute approximate surface area is 157 Å². The van der Waals surface area contributed by atoms with E-state index in [9.17, 15) is 9.90 Å². The Morgan fingerprint density at radius 3 is 2.78 bits per heavy atom. The second-order valence-electron chi connectivity index (χ2n) is 7.17. The summed E-state index contributed by atoms with van der Waals surface area (Å²) in [5.74, 6) is 0.564. The first-order valence-corrected chi connectivity index (χ1v) is 9.23. The van der Waals surface area contributed by atoms with E-state index in [1.807, 2.05) is 30.3 Å². The molecular weight excluding hydrogens is 344 g/mol. The fraction of sp³-hybridized carbons (Fsp3) is 0.421. The Bertz CT molecular complexity index is 981. The van der Waals surface area contributed by atoms with Crippen LogP contribution in [0.15, 0.2) is 41.3 Å². The van der Waals surface area contributed by atoms with Crippen LogP contribution in [-0.2, 0) is 0 Å². The SMILES string of the molecule is CC(O)CN1CCN(c2nc3c(cnn3-c3ccccc3)c(=O)[nH]2)C(C)C1. The first-order chi connectivity index (χ1) is 13.0. The Morgan fingerprint density at radius 2 is 2.07 bits per heavy atom. The number of rotatable bonds is 4. The van der Waals surface area contributed by atoms with Crippen LogP contribution in [-0.4, -0.2) is 68.1 Å². The molecule has 0 aliphatic carbocycles. The average Bonchev–Trinajstić information content (AvgIpc) is 3.06. The molecular formula is C19H24N6O2. The zero-order valence-corrected chi connectivity index (χ0v) is 15.5. The van der Waals surface area contributed by atoms with Crippen molar-refractivity contribution in [1.82, 2.24) is 24.6 Å². The van der Waals surface area contributed by atoms with E-state index in [4.69, 9.17) is 4.98 Å². The van der Waals surface area contributed by atoms with E-state index in [-0.39, 0.29) is 17.7 Å². The Balaban J connectivity index is 1.68. The number of aliphatic hydroxyl groups is 1. The molecule has 0 spiro atoms. The van der Waals surface area contributed by atoms with E-state index < -0.39 is 0 Å². The predicted molar refractivity (Wildman–Crippen MR) is 104 cm³/mol. The second kappa shape index (κ2) is 7.13. The van der Waals surface area contributed by atoms with Gasteiger partial charge in [0.25, 0.3) is 5.56 Å². The number of β-amino-alcohol motifs (C(OH)–C–C–N with tert-alkyl or cyclic N) is 1. The number of nitrogens with one attached hydrogen (secondary N) is 1. The first kappa shape index (κ1) is 17.7. The van der Waals surface area contributed by atoms with Crippen molar-refractivity contribution in [3.8, 4) is 5.69 Å². The monoisotopic (exact) mass is 368 g/mol. The molecule has 27 heavy (non-hydrogen) atoms. The largest absolute Gasteiger partial charge is 0.392 e. The Kier molecular flexibility index (Phi) is 4.67. The van der Waals surface area contributed by atoms with Gasteiger partial charge in [-0.3, -0.25) is 14.7 Å². The molecule has 3 heterocycles. The average molecular weight is 368 g/mol. The molecule has 0 saturated carbocycles. The molecule has 142 valence electrons. The van der Waals surface area contributed by atoms with E-state index in [1.165, 1.54) is 0 Å². The lowest BCUT2D eigenvalue weighted by molar-refractivity contribution is 0.114. The first-order valence-electron chi connectivity index (χ1n) is 9.23. The van der Waals surface area contributed by atoms with Crippen molar-refractivity contribution in [2.24, 2.45) is 0 Å². The van der Waals surface area contributed by atoms with Gasteiger partial charge in [0.1, 0.15) is 5.39 Å². The molecule has 1 aromatic carbocycles. The number of fused-ring (bicyclic) bond motifs is 1. The summed E-state index contributed by atoms with van der Waals surface area (Å²) < 4.78 is 1.70. The highest BCUT2D eigenvalue weighted by atomic mass is 16.3. The molecule has 2 aromatic heterocycles. The summed E-state index contributed by atoms with van der Waals surface area (Å²) in [4.78, 5) is 24.6. The molecule has 1 saturated heterocycles. The van der Waals surface area contributed by atoms with Crippen molar-refractivity contribution >= 4 is 17.0 Å². The number of para-hydroxylation sites is 1. The van der Waals surface area contributed by atoms with Gasteiger partial charge in [-0.25, -0.2) is 4.68 Å². The van der Waals surface area contributed by atoms with Gasteiger partial charge in [0.2, 0.25) is 5.95 Å². The van der Waals surface area contributed by atoms with Crippen LogP contribution in [0, 0.1) is 0 Å². The maximum absolute atomic E-state index is 12.6. The van der Waals surface area contributed by atoms with E-state index in [0.717, 1.165) is 25.3 Å². The van der Waals surface area contributed by atoms with Gasteiger partial charge in [-0.2, -0.15) is 10.1 Å². The van der Waals surface area contributed by atoms with E-state index in [2.05, 4.69) is 26.8 Å². The van der Waals surface area contributed by atoms with Crippen LogP contribution in [0.5, 0.6) is 0 Å². The van der Waals surface area contributed by atoms with E-state index >= 15 is 0 Å². The van der Waals surface area contributed by atoms with E-state index in [0.29, 0.717) is 23.5 Å². The molecule has 8 heteroatoms. The highest BCUT2D eigenvalue weighted by Gasteiger charge is 2.26. The van der Waals surface area contributed by atoms with Gasteiger partial charge in [0.05, 0.1) is 18.0 Å². The van der Waals surface area contributed by atoms with Crippen LogP contribution < -0.4 is 10.5 Å². The smallest absolute Gasteiger partial charge is 0.263 e. The quantitative estimate of drug-likeness (QED) is 0.714. The van der Waals surface area contributed by atoms with E-state index in [1.54, 1.807) is 17.8 Å². The van der Waals surface area contributed by atoms with Gasteiger partial charge in [-0.1, -0.05) is 18.2 Å². The van der Waals surface area contributed by atoms with Crippen molar-refractivity contribution in [2.75, 3.05) is 31.1 Å². The molecule has 1 fully saturated rings. The number of aromatic amines is 1. The van der Waals surface area contributed by atoms with Crippen molar-refractivity contribution in [3.63, 3.8) is 0 Å². The lowest BCUT2D eigenvalue weighted by Gasteiger charge is -2.40. The predicted octanol–water partition coefficient (Wildman–Crippen LogP) is 1.00. The molecule has 2 atom stereocenters. The number of aromatic nitrogens is 4. The highest BCUT2D eigenvalue weighted by Crippen LogP contribution is 2.19. The summed E-state index contributed by atoms with van der Waals surface area (Å²) in [5.41, 5.74) is 1.24. The zero-order valence-electron chi connectivity index (χ0n) is 15.5. The van der Waals surface area contributed by atoms with Crippen LogP contribution in [0.1, 0.15) is 13.8 Å². The lowest BCUT2D eigenvalue weighted by atomic mass is 10.2. The third kappa shape index (κ3) is 3.45. The summed E-state index contributed by atoms with van der Waals surface area (Å²) in [5, 5.41) is 14.4. The fourth-order valence-electron chi connectivity index (χ4n) is 3.69. The fourth-order valence-corrected chi connectivity index (χ4v) is 3.69. The van der Waals surface area contributed by atoms with Crippen molar-refractivity contribution in [1.29, 1.82) is 0 Å². The molecule has 0 bridgehead atoms. The van der Waals surface area contributed by atoms with Gasteiger partial charge in [0.15, 0.2) is 5.65 Å². The third-order valence-corrected chi connectivity index (χ3v) is 4.93. The molecule has 2 N–H and O–H groups in total. The number of H-pyrrole nitrogens is 1. The van der Waals surface area contributed by atoms with Gasteiger partial charge in [-0.15, -0.1) is 0 Å². The number of hydrogen-bond acceptors (Lipinski definition) is 6. The number of hydrogen-bond donors (Lipinski definition) is 2. The normalized spacial score (nSPS) is 19.5. The second-order valence-corrected chi connectivity index (χ2v) is 7.17. The summed E-state index contributed by atoms with van der Waals surface area (Å²) >= 11 is 0. The summed E-state index contributed by atoms with van der Waals surface area (Å²) in [6, 6.07) is 9.85. The Hall–Kier alpha value is -2.71.